The molecule has 0 aromatic carbocycles. The molecule has 0 amide bonds. The maximum atomic E-state index is 9.47. The molecule has 0 saturated heterocycles. The number of hydrogen-bond donors (Lipinski definition) is 1. The van der Waals surface area contributed by atoms with Gasteiger partial charge in [0, 0.05) is 7.11 Å². The van der Waals surface area contributed by atoms with Crippen LogP contribution >= 0.6 is 0 Å². The molecule has 0 aliphatic heterocycles. The Labute approximate surface area is 81.6 Å². The Morgan fingerprint density at radius 1 is 1.15 bits per heavy atom. The second-order valence-corrected chi connectivity index (χ2v) is 3.80. The summed E-state index contributed by atoms with van der Waals surface area (Å²) in [5.74, 6) is 0.337. The minimum atomic E-state index is -0.214. The van der Waals surface area contributed by atoms with E-state index < -0.39 is 0 Å². The number of ether oxygens (including phenoxy) is 1. The highest BCUT2D eigenvalue weighted by Gasteiger charge is 2.05. The highest BCUT2D eigenvalue weighted by atomic mass is 16.5. The highest BCUT2D eigenvalue weighted by Crippen LogP contribution is 2.06. The van der Waals surface area contributed by atoms with Gasteiger partial charge in [0.25, 0.3) is 0 Å². The summed E-state index contributed by atoms with van der Waals surface area (Å²) < 4.78 is 5.09. The van der Waals surface area contributed by atoms with Crippen LogP contribution in [-0.2, 0) is 4.74 Å². The Bertz CT molecular complexity index is 141. The molecule has 0 spiro atoms. The van der Waals surface area contributed by atoms with Crippen molar-refractivity contribution in [2.75, 3.05) is 7.11 Å². The molecule has 0 radical (unpaired) electrons. The van der Waals surface area contributed by atoms with Gasteiger partial charge >= 0.3 is 0 Å². The van der Waals surface area contributed by atoms with Crippen molar-refractivity contribution in [1.82, 2.24) is 0 Å². The lowest BCUT2D eigenvalue weighted by Gasteiger charge is -2.11. The molecule has 78 valence electrons. The van der Waals surface area contributed by atoms with Crippen LogP contribution < -0.4 is 0 Å². The largest absolute Gasteiger partial charge is 0.393 e. The topological polar surface area (TPSA) is 29.5 Å². The van der Waals surface area contributed by atoms with Gasteiger partial charge in [0.2, 0.25) is 0 Å². The smallest absolute Gasteiger partial charge is 0.0597 e. The quantitative estimate of drug-likeness (QED) is 0.645. The first-order valence-corrected chi connectivity index (χ1v) is 4.93. The first kappa shape index (κ1) is 12.7. The van der Waals surface area contributed by atoms with Gasteiger partial charge in [-0.3, -0.25) is 0 Å². The van der Waals surface area contributed by atoms with Gasteiger partial charge < -0.3 is 9.84 Å². The summed E-state index contributed by atoms with van der Waals surface area (Å²) >= 11 is 0. The highest BCUT2D eigenvalue weighted by molar-refractivity contribution is 4.86. The molecule has 0 rings (SSSR count). The SMILES string of the molecule is CO[C@H](C)C/C=C\C[C@H](O)C(C)C. The van der Waals surface area contributed by atoms with E-state index in [1.165, 1.54) is 0 Å². The zero-order valence-corrected chi connectivity index (χ0v) is 9.16. The Hall–Kier alpha value is -0.340. The molecule has 0 aliphatic rings. The van der Waals surface area contributed by atoms with Crippen molar-refractivity contribution in [3.63, 3.8) is 0 Å². The fraction of sp³-hybridized carbons (Fsp3) is 0.818. The molecule has 0 bridgehead atoms. The van der Waals surface area contributed by atoms with Gasteiger partial charge in [0.1, 0.15) is 0 Å². The van der Waals surface area contributed by atoms with Crippen LogP contribution in [0.4, 0.5) is 0 Å². The molecule has 2 heteroatoms. The molecular formula is C11H22O2. The Balaban J connectivity index is 3.51. The zero-order chi connectivity index (χ0) is 10.3. The Kier molecular flexibility index (Phi) is 6.92. The minimum Gasteiger partial charge on any atom is -0.393 e. The van der Waals surface area contributed by atoms with Gasteiger partial charge in [-0.15, -0.1) is 0 Å². The molecule has 0 aromatic heterocycles. The van der Waals surface area contributed by atoms with E-state index in [0.717, 1.165) is 12.8 Å². The van der Waals surface area contributed by atoms with Crippen LogP contribution in [0.3, 0.4) is 0 Å². The van der Waals surface area contributed by atoms with Crippen molar-refractivity contribution >= 4 is 0 Å². The lowest BCUT2D eigenvalue weighted by atomic mass is 10.0. The van der Waals surface area contributed by atoms with Gasteiger partial charge in [-0.1, -0.05) is 26.0 Å². The summed E-state index contributed by atoms with van der Waals surface area (Å²) in [7, 11) is 1.71. The monoisotopic (exact) mass is 186 g/mol. The van der Waals surface area contributed by atoms with E-state index in [0.29, 0.717) is 5.92 Å². The fourth-order valence-corrected chi connectivity index (χ4v) is 0.892. The van der Waals surface area contributed by atoms with Crippen LogP contribution in [0.15, 0.2) is 12.2 Å². The van der Waals surface area contributed by atoms with Crippen molar-refractivity contribution in [3.8, 4) is 0 Å². The predicted molar refractivity (Wildman–Crippen MR) is 55.7 cm³/mol. The van der Waals surface area contributed by atoms with Gasteiger partial charge in [0.15, 0.2) is 0 Å². The molecule has 13 heavy (non-hydrogen) atoms. The molecule has 0 saturated carbocycles. The third kappa shape index (κ3) is 6.79. The maximum Gasteiger partial charge on any atom is 0.0597 e. The van der Waals surface area contributed by atoms with Crippen LogP contribution in [-0.4, -0.2) is 24.4 Å². The van der Waals surface area contributed by atoms with Gasteiger partial charge in [0.05, 0.1) is 12.2 Å². The number of hydrogen-bond acceptors (Lipinski definition) is 2. The average Bonchev–Trinajstić information content (AvgIpc) is 2.11. The zero-order valence-electron chi connectivity index (χ0n) is 9.16. The molecule has 0 aromatic rings. The van der Waals surface area contributed by atoms with E-state index in [1.807, 2.05) is 26.8 Å². The normalized spacial score (nSPS) is 16.8. The van der Waals surface area contributed by atoms with Crippen molar-refractivity contribution in [1.29, 1.82) is 0 Å². The average molecular weight is 186 g/mol. The number of rotatable bonds is 6. The number of aliphatic hydroxyl groups excluding tert-OH is 1. The van der Waals surface area contributed by atoms with Crippen LogP contribution in [0.1, 0.15) is 33.6 Å². The summed E-state index contributed by atoms with van der Waals surface area (Å²) in [6, 6.07) is 0. The predicted octanol–water partition coefficient (Wildman–Crippen LogP) is 2.37. The number of aliphatic hydroxyl groups is 1. The van der Waals surface area contributed by atoms with Crippen molar-refractivity contribution in [2.45, 2.75) is 45.8 Å². The van der Waals surface area contributed by atoms with E-state index in [4.69, 9.17) is 4.74 Å². The van der Waals surface area contributed by atoms with Gasteiger partial charge in [-0.2, -0.15) is 0 Å². The molecule has 1 N–H and O–H groups in total. The van der Waals surface area contributed by atoms with Crippen LogP contribution in [0.25, 0.3) is 0 Å². The van der Waals surface area contributed by atoms with Crippen LogP contribution in [0.5, 0.6) is 0 Å². The fourth-order valence-electron chi connectivity index (χ4n) is 0.892. The summed E-state index contributed by atoms with van der Waals surface area (Å²) in [4.78, 5) is 0. The first-order valence-electron chi connectivity index (χ1n) is 4.93. The standard InChI is InChI=1S/C11H22O2/c1-9(2)11(12)8-6-5-7-10(3)13-4/h5-6,9-12H,7-8H2,1-4H3/b6-5-/t10-,11+/m1/s1. The molecule has 2 atom stereocenters. The number of methoxy groups -OCH3 is 1. The van der Waals surface area contributed by atoms with Crippen molar-refractivity contribution in [2.24, 2.45) is 5.92 Å². The maximum absolute atomic E-state index is 9.47. The van der Waals surface area contributed by atoms with Crippen LogP contribution in [0.2, 0.25) is 0 Å². The minimum absolute atomic E-state index is 0.214. The van der Waals surface area contributed by atoms with Crippen LogP contribution in [0, 0.1) is 5.92 Å². The molecule has 0 fully saturated rings. The van der Waals surface area contributed by atoms with Gasteiger partial charge in [-0.25, -0.2) is 0 Å². The van der Waals surface area contributed by atoms with E-state index in [2.05, 4.69) is 6.08 Å². The van der Waals surface area contributed by atoms with E-state index in [1.54, 1.807) is 7.11 Å². The molecular weight excluding hydrogens is 164 g/mol. The molecule has 0 aliphatic carbocycles. The Morgan fingerprint density at radius 3 is 2.15 bits per heavy atom. The summed E-state index contributed by atoms with van der Waals surface area (Å²) in [5.41, 5.74) is 0. The lowest BCUT2D eigenvalue weighted by Crippen LogP contribution is -2.12. The molecule has 0 unspecified atom stereocenters. The third-order valence-electron chi connectivity index (χ3n) is 2.18. The second kappa shape index (κ2) is 7.10. The van der Waals surface area contributed by atoms with E-state index >= 15 is 0 Å². The van der Waals surface area contributed by atoms with Gasteiger partial charge in [-0.05, 0) is 25.7 Å². The first-order chi connectivity index (χ1) is 6.07. The molecule has 2 nitrogen and oxygen atoms in total. The van der Waals surface area contributed by atoms with Crippen molar-refractivity contribution in [3.05, 3.63) is 12.2 Å². The molecule has 0 heterocycles. The summed E-state index contributed by atoms with van der Waals surface area (Å²) in [6.45, 7) is 6.08. The third-order valence-corrected chi connectivity index (χ3v) is 2.18. The van der Waals surface area contributed by atoms with E-state index in [-0.39, 0.29) is 12.2 Å². The lowest BCUT2D eigenvalue weighted by molar-refractivity contribution is 0.119. The van der Waals surface area contributed by atoms with E-state index in [9.17, 15) is 5.11 Å². The van der Waals surface area contributed by atoms with Crippen molar-refractivity contribution < 1.29 is 9.84 Å². The summed E-state index contributed by atoms with van der Waals surface area (Å²) in [5, 5.41) is 9.47. The second-order valence-electron chi connectivity index (χ2n) is 3.80. The summed E-state index contributed by atoms with van der Waals surface area (Å²) in [6.07, 6.45) is 5.82. The Morgan fingerprint density at radius 2 is 1.69 bits per heavy atom.